The number of nitrogens with one attached hydrogen (secondary N) is 1. The topological polar surface area (TPSA) is 21.3 Å². The summed E-state index contributed by atoms with van der Waals surface area (Å²) in [6.07, 6.45) is 0.713. The second kappa shape index (κ2) is 6.07. The fourth-order valence-electron chi connectivity index (χ4n) is 2.63. The lowest BCUT2D eigenvalue weighted by Crippen LogP contribution is -2.26. The monoisotopic (exact) mass is 413 g/mol. The van der Waals surface area contributed by atoms with E-state index < -0.39 is 0 Å². The summed E-state index contributed by atoms with van der Waals surface area (Å²) in [5, 5.41) is 3.32. The van der Waals surface area contributed by atoms with Crippen LogP contribution in [0.1, 0.15) is 29.7 Å². The van der Waals surface area contributed by atoms with E-state index >= 15 is 0 Å². The molecule has 2 nitrogen and oxygen atoms in total. The van der Waals surface area contributed by atoms with Gasteiger partial charge in [-0.3, -0.25) is 0 Å². The summed E-state index contributed by atoms with van der Waals surface area (Å²) in [7, 11) is 1.94. The third-order valence-corrected chi connectivity index (χ3v) is 4.83. The number of ether oxygens (including phenoxy) is 1. The molecule has 1 aliphatic rings. The summed E-state index contributed by atoms with van der Waals surface area (Å²) in [6, 6.07) is 11.3. The molecular formula is C16H14Br2FNO. The maximum absolute atomic E-state index is 13.4. The molecule has 2 unspecified atom stereocenters. The fourth-order valence-corrected chi connectivity index (χ4v) is 3.37. The number of hydrogen-bond acceptors (Lipinski definition) is 2. The van der Waals surface area contributed by atoms with Gasteiger partial charge in [-0.1, -0.05) is 28.1 Å². The highest BCUT2D eigenvalue weighted by molar-refractivity contribution is 9.10. The molecule has 1 N–H and O–H groups in total. The first-order valence-electron chi connectivity index (χ1n) is 6.67. The molecule has 1 aliphatic heterocycles. The zero-order chi connectivity index (χ0) is 15.0. The fraction of sp³-hybridized carbons (Fsp3) is 0.250. The van der Waals surface area contributed by atoms with Gasteiger partial charge in [0, 0.05) is 22.5 Å². The van der Waals surface area contributed by atoms with Gasteiger partial charge < -0.3 is 10.1 Å². The average Bonchev–Trinajstić information content (AvgIpc) is 2.48. The van der Waals surface area contributed by atoms with Crippen molar-refractivity contribution in [3.8, 4) is 5.75 Å². The predicted octanol–water partition coefficient (Wildman–Crippen LogP) is 5.14. The second-order valence-electron chi connectivity index (χ2n) is 5.04. The Labute approximate surface area is 140 Å². The van der Waals surface area contributed by atoms with E-state index in [-0.39, 0.29) is 18.0 Å². The van der Waals surface area contributed by atoms with Crippen molar-refractivity contribution >= 4 is 31.9 Å². The van der Waals surface area contributed by atoms with Crippen LogP contribution in [-0.4, -0.2) is 7.05 Å². The lowest BCUT2D eigenvalue weighted by atomic mass is 9.93. The lowest BCUT2D eigenvalue weighted by molar-refractivity contribution is 0.153. The molecule has 0 radical (unpaired) electrons. The van der Waals surface area contributed by atoms with Gasteiger partial charge in [0.1, 0.15) is 17.7 Å². The largest absolute Gasteiger partial charge is 0.485 e. The van der Waals surface area contributed by atoms with Crippen molar-refractivity contribution in [1.29, 1.82) is 0 Å². The first-order valence-corrected chi connectivity index (χ1v) is 8.25. The highest BCUT2D eigenvalue weighted by Crippen LogP contribution is 2.42. The van der Waals surface area contributed by atoms with Gasteiger partial charge in [-0.2, -0.15) is 0 Å². The van der Waals surface area contributed by atoms with E-state index in [2.05, 4.69) is 43.2 Å². The Balaban J connectivity index is 1.97. The number of benzene rings is 2. The molecule has 0 amide bonds. The normalized spacial score (nSPS) is 20.8. The summed E-state index contributed by atoms with van der Waals surface area (Å²) < 4.78 is 21.0. The highest BCUT2D eigenvalue weighted by atomic mass is 79.9. The van der Waals surface area contributed by atoms with E-state index in [9.17, 15) is 4.39 Å². The molecule has 0 aromatic heterocycles. The van der Waals surface area contributed by atoms with Gasteiger partial charge in [-0.25, -0.2) is 4.39 Å². The van der Waals surface area contributed by atoms with E-state index in [0.29, 0.717) is 4.47 Å². The zero-order valence-electron chi connectivity index (χ0n) is 11.4. The number of halogens is 3. The van der Waals surface area contributed by atoms with Crippen molar-refractivity contribution in [2.45, 2.75) is 18.6 Å². The van der Waals surface area contributed by atoms with E-state index in [0.717, 1.165) is 27.8 Å². The summed E-state index contributed by atoms with van der Waals surface area (Å²) >= 11 is 6.71. The van der Waals surface area contributed by atoms with Crippen LogP contribution >= 0.6 is 31.9 Å². The van der Waals surface area contributed by atoms with Gasteiger partial charge in [0.05, 0.1) is 4.47 Å². The number of hydrogen-bond donors (Lipinski definition) is 1. The van der Waals surface area contributed by atoms with Crippen molar-refractivity contribution < 1.29 is 9.13 Å². The zero-order valence-corrected chi connectivity index (χ0v) is 14.5. The minimum absolute atomic E-state index is 0.0962. The number of fused-ring (bicyclic) bond motifs is 1. The van der Waals surface area contributed by atoms with Crippen LogP contribution in [0.2, 0.25) is 0 Å². The quantitative estimate of drug-likeness (QED) is 0.734. The maximum atomic E-state index is 13.4. The molecule has 0 fully saturated rings. The lowest BCUT2D eigenvalue weighted by Gasteiger charge is -2.32. The Morgan fingerprint density at radius 1 is 1.19 bits per heavy atom. The Morgan fingerprint density at radius 2 is 2.00 bits per heavy atom. The van der Waals surface area contributed by atoms with Crippen LogP contribution in [0, 0.1) is 5.82 Å². The van der Waals surface area contributed by atoms with Gasteiger partial charge in [0.25, 0.3) is 0 Å². The third kappa shape index (κ3) is 3.00. The first kappa shape index (κ1) is 15.0. The summed E-state index contributed by atoms with van der Waals surface area (Å²) in [5.74, 6) is 0.600. The van der Waals surface area contributed by atoms with Crippen LogP contribution in [0.4, 0.5) is 4.39 Å². The minimum atomic E-state index is -0.261. The molecule has 0 saturated carbocycles. The van der Waals surface area contributed by atoms with Gasteiger partial charge in [0.15, 0.2) is 0 Å². The van der Waals surface area contributed by atoms with Crippen LogP contribution in [0.25, 0.3) is 0 Å². The molecule has 2 atom stereocenters. The molecular weight excluding hydrogens is 401 g/mol. The van der Waals surface area contributed by atoms with Crippen molar-refractivity contribution in [1.82, 2.24) is 5.32 Å². The molecule has 0 saturated heterocycles. The molecule has 0 aliphatic carbocycles. The van der Waals surface area contributed by atoms with E-state index in [4.69, 9.17) is 4.74 Å². The highest BCUT2D eigenvalue weighted by Gasteiger charge is 2.28. The van der Waals surface area contributed by atoms with Crippen LogP contribution < -0.4 is 10.1 Å². The van der Waals surface area contributed by atoms with Gasteiger partial charge in [0.2, 0.25) is 0 Å². The Bertz CT molecular complexity index is 677. The van der Waals surface area contributed by atoms with Crippen molar-refractivity contribution in [2.75, 3.05) is 7.05 Å². The van der Waals surface area contributed by atoms with Crippen LogP contribution in [0.5, 0.6) is 5.75 Å². The maximum Gasteiger partial charge on any atom is 0.137 e. The van der Waals surface area contributed by atoms with Crippen LogP contribution in [0.15, 0.2) is 45.3 Å². The van der Waals surface area contributed by atoms with E-state index in [1.807, 2.05) is 19.2 Å². The van der Waals surface area contributed by atoms with Crippen molar-refractivity contribution in [3.05, 3.63) is 62.3 Å². The van der Waals surface area contributed by atoms with Crippen LogP contribution in [0.3, 0.4) is 0 Å². The summed E-state index contributed by atoms with van der Waals surface area (Å²) in [4.78, 5) is 0. The minimum Gasteiger partial charge on any atom is -0.485 e. The second-order valence-corrected chi connectivity index (χ2v) is 6.81. The SMILES string of the molecule is CNC1CC(c2ccc(F)c(Br)c2)Oc2cc(Br)ccc21. The molecule has 5 heteroatoms. The van der Waals surface area contributed by atoms with Gasteiger partial charge >= 0.3 is 0 Å². The molecule has 0 spiro atoms. The summed E-state index contributed by atoms with van der Waals surface area (Å²) in [6.45, 7) is 0. The molecule has 21 heavy (non-hydrogen) atoms. The average molecular weight is 415 g/mol. The molecule has 2 aromatic carbocycles. The van der Waals surface area contributed by atoms with Gasteiger partial charge in [-0.15, -0.1) is 0 Å². The van der Waals surface area contributed by atoms with Gasteiger partial charge in [-0.05, 0) is 52.8 Å². The molecule has 2 aromatic rings. The number of rotatable bonds is 2. The standard InChI is InChI=1S/C16H14Br2FNO/c1-20-14-8-15(9-2-5-13(19)12(18)6-9)21-16-7-10(17)3-4-11(14)16/h2-7,14-15,20H,8H2,1H3. The summed E-state index contributed by atoms with van der Waals surface area (Å²) in [5.41, 5.74) is 2.12. The van der Waals surface area contributed by atoms with Crippen LogP contribution in [-0.2, 0) is 0 Å². The molecule has 0 bridgehead atoms. The molecule has 1 heterocycles. The third-order valence-electron chi connectivity index (χ3n) is 3.73. The Kier molecular flexibility index (Phi) is 4.33. The molecule has 3 rings (SSSR count). The molecule has 110 valence electrons. The predicted molar refractivity (Wildman–Crippen MR) is 88.0 cm³/mol. The van der Waals surface area contributed by atoms with E-state index in [1.54, 1.807) is 12.1 Å². The Morgan fingerprint density at radius 3 is 2.71 bits per heavy atom. The van der Waals surface area contributed by atoms with Crippen molar-refractivity contribution in [2.24, 2.45) is 0 Å². The van der Waals surface area contributed by atoms with E-state index in [1.165, 1.54) is 6.07 Å². The smallest absolute Gasteiger partial charge is 0.137 e. The Hall–Kier alpha value is -0.910. The first-order chi connectivity index (χ1) is 10.1. The van der Waals surface area contributed by atoms with Crippen molar-refractivity contribution in [3.63, 3.8) is 0 Å².